The second kappa shape index (κ2) is 7.44. The quantitative estimate of drug-likeness (QED) is 0.865. The first kappa shape index (κ1) is 15.0. The summed E-state index contributed by atoms with van der Waals surface area (Å²) in [4.78, 5) is 13.1. The summed E-state index contributed by atoms with van der Waals surface area (Å²) in [5, 5.41) is 8.73. The van der Waals surface area contributed by atoms with Gasteiger partial charge in [-0.1, -0.05) is 37.3 Å². The van der Waals surface area contributed by atoms with E-state index in [1.807, 2.05) is 0 Å². The number of benzene rings is 1. The van der Waals surface area contributed by atoms with Gasteiger partial charge in [0.2, 0.25) is 0 Å². The van der Waals surface area contributed by atoms with Crippen LogP contribution in [0.15, 0.2) is 30.3 Å². The molecule has 1 N–H and O–H groups in total. The maximum absolute atomic E-state index is 10.6. The van der Waals surface area contributed by atoms with E-state index in [2.05, 4.69) is 42.2 Å². The van der Waals surface area contributed by atoms with Crippen LogP contribution in [-0.4, -0.2) is 35.6 Å². The van der Waals surface area contributed by atoms with E-state index in [1.165, 1.54) is 5.56 Å². The topological polar surface area (TPSA) is 40.5 Å². The van der Waals surface area contributed by atoms with E-state index in [-0.39, 0.29) is 0 Å². The van der Waals surface area contributed by atoms with E-state index < -0.39 is 5.97 Å². The minimum absolute atomic E-state index is 0.324. The van der Waals surface area contributed by atoms with Crippen LogP contribution in [0, 0.1) is 5.92 Å². The van der Waals surface area contributed by atoms with Crippen LogP contribution in [0.3, 0.4) is 0 Å². The summed E-state index contributed by atoms with van der Waals surface area (Å²) in [5.41, 5.74) is 1.40. The Balaban J connectivity index is 1.73. The van der Waals surface area contributed by atoms with Gasteiger partial charge in [-0.05, 0) is 49.8 Å². The van der Waals surface area contributed by atoms with Crippen molar-refractivity contribution in [3.8, 4) is 0 Å². The van der Waals surface area contributed by atoms with E-state index >= 15 is 0 Å². The molecule has 1 atom stereocenters. The first-order valence-electron chi connectivity index (χ1n) is 7.64. The zero-order chi connectivity index (χ0) is 14.4. The van der Waals surface area contributed by atoms with Crippen LogP contribution in [0.25, 0.3) is 0 Å². The Morgan fingerprint density at radius 1 is 1.30 bits per heavy atom. The molecular formula is C17H25NO2. The molecule has 2 rings (SSSR count). The fourth-order valence-electron chi connectivity index (χ4n) is 3.06. The highest BCUT2D eigenvalue weighted by molar-refractivity contribution is 5.66. The average Bonchev–Trinajstić information content (AvgIpc) is 2.47. The average molecular weight is 275 g/mol. The molecular weight excluding hydrogens is 250 g/mol. The minimum atomic E-state index is -0.662. The summed E-state index contributed by atoms with van der Waals surface area (Å²) >= 11 is 0. The molecule has 0 aromatic heterocycles. The van der Waals surface area contributed by atoms with Crippen molar-refractivity contribution in [3.63, 3.8) is 0 Å². The number of carboxylic acid groups (broad SMARTS) is 1. The van der Waals surface area contributed by atoms with Gasteiger partial charge in [0.1, 0.15) is 0 Å². The molecule has 0 aliphatic carbocycles. The summed E-state index contributed by atoms with van der Waals surface area (Å²) in [7, 11) is 0. The van der Waals surface area contributed by atoms with Crippen molar-refractivity contribution in [2.24, 2.45) is 5.92 Å². The number of carboxylic acids is 1. The molecule has 1 fully saturated rings. The van der Waals surface area contributed by atoms with E-state index in [4.69, 9.17) is 5.11 Å². The van der Waals surface area contributed by atoms with Crippen molar-refractivity contribution in [1.29, 1.82) is 0 Å². The molecule has 1 aliphatic rings. The first-order valence-corrected chi connectivity index (χ1v) is 7.64. The number of piperidine rings is 1. The predicted octanol–water partition coefficient (Wildman–Crippen LogP) is 3.37. The maximum atomic E-state index is 10.6. The smallest absolute Gasteiger partial charge is 0.303 e. The zero-order valence-corrected chi connectivity index (χ0v) is 12.3. The Hall–Kier alpha value is -1.35. The lowest BCUT2D eigenvalue weighted by Gasteiger charge is -2.33. The Morgan fingerprint density at radius 3 is 2.55 bits per heavy atom. The third-order valence-electron chi connectivity index (χ3n) is 4.37. The van der Waals surface area contributed by atoms with Crippen molar-refractivity contribution >= 4 is 5.97 Å². The van der Waals surface area contributed by atoms with E-state index in [0.29, 0.717) is 18.3 Å². The molecule has 0 amide bonds. The van der Waals surface area contributed by atoms with Crippen LogP contribution in [0.5, 0.6) is 0 Å². The minimum Gasteiger partial charge on any atom is -0.481 e. The van der Waals surface area contributed by atoms with Crippen LogP contribution in [-0.2, 0) is 4.79 Å². The number of likely N-dealkylation sites (tertiary alicyclic amines) is 1. The van der Waals surface area contributed by atoms with Crippen LogP contribution in [0.4, 0.5) is 0 Å². The van der Waals surface area contributed by atoms with Gasteiger partial charge in [-0.3, -0.25) is 4.79 Å². The number of hydrogen-bond donors (Lipinski definition) is 1. The molecule has 1 heterocycles. The van der Waals surface area contributed by atoms with Crippen molar-refractivity contribution in [3.05, 3.63) is 35.9 Å². The lowest BCUT2D eigenvalue weighted by atomic mass is 9.91. The van der Waals surface area contributed by atoms with Gasteiger partial charge in [-0.2, -0.15) is 0 Å². The molecule has 0 bridgehead atoms. The fraction of sp³-hybridized carbons (Fsp3) is 0.588. The van der Waals surface area contributed by atoms with Gasteiger partial charge in [-0.25, -0.2) is 0 Å². The van der Waals surface area contributed by atoms with Gasteiger partial charge in [-0.15, -0.1) is 0 Å². The lowest BCUT2D eigenvalue weighted by Crippen LogP contribution is -2.36. The standard InChI is InChI=1S/C17H25NO2/c1-14(16-5-3-2-4-6-16)13-18-11-9-15(10-12-18)7-8-17(19)20/h2-6,14-15H,7-13H2,1H3,(H,19,20). The largest absolute Gasteiger partial charge is 0.481 e. The van der Waals surface area contributed by atoms with Gasteiger partial charge >= 0.3 is 5.97 Å². The third kappa shape index (κ3) is 4.64. The highest BCUT2D eigenvalue weighted by atomic mass is 16.4. The predicted molar refractivity (Wildman–Crippen MR) is 80.9 cm³/mol. The molecule has 3 nitrogen and oxygen atoms in total. The van der Waals surface area contributed by atoms with Crippen LogP contribution in [0.2, 0.25) is 0 Å². The molecule has 3 heteroatoms. The van der Waals surface area contributed by atoms with Gasteiger partial charge < -0.3 is 10.0 Å². The molecule has 0 radical (unpaired) electrons. The SMILES string of the molecule is CC(CN1CCC(CCC(=O)O)CC1)c1ccccc1. The Kier molecular flexibility index (Phi) is 5.60. The van der Waals surface area contributed by atoms with Crippen LogP contribution < -0.4 is 0 Å². The van der Waals surface area contributed by atoms with Crippen molar-refractivity contribution in [1.82, 2.24) is 4.90 Å². The molecule has 0 saturated carbocycles. The molecule has 1 aliphatic heterocycles. The van der Waals surface area contributed by atoms with Crippen LogP contribution >= 0.6 is 0 Å². The monoisotopic (exact) mass is 275 g/mol. The molecule has 0 spiro atoms. The third-order valence-corrected chi connectivity index (χ3v) is 4.37. The Morgan fingerprint density at radius 2 is 1.95 bits per heavy atom. The highest BCUT2D eigenvalue weighted by Gasteiger charge is 2.21. The normalized spacial score (nSPS) is 18.9. The van der Waals surface area contributed by atoms with Crippen molar-refractivity contribution in [2.45, 2.75) is 38.5 Å². The zero-order valence-electron chi connectivity index (χ0n) is 12.3. The van der Waals surface area contributed by atoms with Gasteiger partial charge in [0, 0.05) is 13.0 Å². The van der Waals surface area contributed by atoms with E-state index in [9.17, 15) is 4.79 Å². The Bertz CT molecular complexity index is 410. The maximum Gasteiger partial charge on any atom is 0.303 e. The number of aliphatic carboxylic acids is 1. The van der Waals surface area contributed by atoms with Gasteiger partial charge in [0.25, 0.3) is 0 Å². The number of nitrogens with zero attached hydrogens (tertiary/aromatic N) is 1. The fourth-order valence-corrected chi connectivity index (χ4v) is 3.06. The van der Waals surface area contributed by atoms with E-state index in [1.54, 1.807) is 0 Å². The summed E-state index contributed by atoms with van der Waals surface area (Å²) in [5.74, 6) is 0.506. The molecule has 1 saturated heterocycles. The number of carbonyl (C=O) groups is 1. The second-order valence-electron chi connectivity index (χ2n) is 5.99. The summed E-state index contributed by atoms with van der Waals surface area (Å²) in [6.07, 6.45) is 3.46. The van der Waals surface area contributed by atoms with Gasteiger partial charge in [0.15, 0.2) is 0 Å². The van der Waals surface area contributed by atoms with Crippen LogP contribution in [0.1, 0.15) is 44.1 Å². The molecule has 1 aromatic rings. The summed E-state index contributed by atoms with van der Waals surface area (Å²) in [6.45, 7) is 5.62. The molecule has 1 aromatic carbocycles. The van der Waals surface area contributed by atoms with E-state index in [0.717, 1.165) is 38.9 Å². The number of hydrogen-bond acceptors (Lipinski definition) is 2. The summed E-state index contributed by atoms with van der Waals surface area (Å²) in [6, 6.07) is 10.7. The molecule has 20 heavy (non-hydrogen) atoms. The molecule has 110 valence electrons. The van der Waals surface area contributed by atoms with Crippen molar-refractivity contribution in [2.75, 3.05) is 19.6 Å². The lowest BCUT2D eigenvalue weighted by molar-refractivity contribution is -0.137. The Labute approximate surface area is 121 Å². The van der Waals surface area contributed by atoms with Crippen molar-refractivity contribution < 1.29 is 9.90 Å². The van der Waals surface area contributed by atoms with Gasteiger partial charge in [0.05, 0.1) is 0 Å². The second-order valence-corrected chi connectivity index (χ2v) is 5.99. The highest BCUT2D eigenvalue weighted by Crippen LogP contribution is 2.24. The molecule has 1 unspecified atom stereocenters. The first-order chi connectivity index (χ1) is 9.65. The summed E-state index contributed by atoms with van der Waals surface area (Å²) < 4.78 is 0. The number of rotatable bonds is 6.